The minimum atomic E-state index is -0.636. The van der Waals surface area contributed by atoms with Gasteiger partial charge in [0.1, 0.15) is 5.02 Å². The van der Waals surface area contributed by atoms with E-state index in [1.54, 1.807) is 11.8 Å². The van der Waals surface area contributed by atoms with Crippen molar-refractivity contribution < 1.29 is 4.79 Å². The van der Waals surface area contributed by atoms with Crippen molar-refractivity contribution in [2.75, 3.05) is 24.3 Å². The lowest BCUT2D eigenvalue weighted by Crippen LogP contribution is -2.47. The molecule has 1 amide bonds. The third kappa shape index (κ3) is 5.51. The summed E-state index contributed by atoms with van der Waals surface area (Å²) in [6.45, 7) is 0.696. The average Bonchev–Trinajstić information content (AvgIpc) is 2.50. The first-order valence-corrected chi connectivity index (χ1v) is 8.95. The van der Waals surface area contributed by atoms with Crippen molar-refractivity contribution in [3.8, 4) is 0 Å². The van der Waals surface area contributed by atoms with Gasteiger partial charge in [0.05, 0.1) is 10.7 Å². The topological polar surface area (TPSA) is 92.1 Å². The van der Waals surface area contributed by atoms with Crippen LogP contribution in [0.1, 0.15) is 16.9 Å². The van der Waals surface area contributed by atoms with Gasteiger partial charge in [-0.2, -0.15) is 11.8 Å². The predicted octanol–water partition coefficient (Wildman–Crippen LogP) is 2.49. The number of anilines is 1. The molecule has 0 aliphatic carbocycles. The molecule has 1 heterocycles. The van der Waals surface area contributed by atoms with Gasteiger partial charge in [-0.05, 0) is 30.6 Å². The maximum absolute atomic E-state index is 12.0. The van der Waals surface area contributed by atoms with Gasteiger partial charge in [-0.25, -0.2) is 4.98 Å². The van der Waals surface area contributed by atoms with Crippen LogP contribution in [-0.2, 0) is 0 Å². The molecule has 22 heavy (non-hydrogen) atoms. The van der Waals surface area contributed by atoms with Crippen LogP contribution in [0.4, 0.5) is 5.69 Å². The van der Waals surface area contributed by atoms with Gasteiger partial charge < -0.3 is 11.1 Å². The number of hydrazine groups is 1. The molecule has 122 valence electrons. The normalized spacial score (nSPS) is 10.2. The van der Waals surface area contributed by atoms with Crippen molar-refractivity contribution in [3.05, 3.63) is 20.9 Å². The minimum absolute atomic E-state index is 0.00200. The summed E-state index contributed by atoms with van der Waals surface area (Å²) in [4.78, 5) is 15.8. The number of nitrogen functional groups attached to an aromatic ring is 1. The quantitative estimate of drug-likeness (QED) is 0.260. The Morgan fingerprint density at radius 1 is 1.32 bits per heavy atom. The number of pyridine rings is 1. The van der Waals surface area contributed by atoms with Gasteiger partial charge in [0.15, 0.2) is 16.0 Å². The van der Waals surface area contributed by atoms with E-state index in [-0.39, 0.29) is 31.7 Å². The number of carbonyl (C=O) groups is 1. The number of nitrogens with one attached hydrogen (secondary N) is 3. The lowest BCUT2D eigenvalue weighted by Gasteiger charge is -2.12. The largest absolute Gasteiger partial charge is 0.396 e. The number of halogens is 3. The van der Waals surface area contributed by atoms with Gasteiger partial charge in [-0.15, -0.1) is 0 Å². The number of thiocarbonyl (C=S) groups is 1. The Labute approximate surface area is 152 Å². The Bertz CT molecular complexity index is 573. The monoisotopic (exact) mass is 401 g/mol. The van der Waals surface area contributed by atoms with Gasteiger partial charge in [0, 0.05) is 6.54 Å². The molecule has 6 nitrogen and oxygen atoms in total. The van der Waals surface area contributed by atoms with E-state index in [0.717, 1.165) is 12.2 Å². The molecule has 0 aliphatic heterocycles. The van der Waals surface area contributed by atoms with Gasteiger partial charge in [0.2, 0.25) is 0 Å². The van der Waals surface area contributed by atoms with E-state index in [2.05, 4.69) is 21.2 Å². The fourth-order valence-electron chi connectivity index (χ4n) is 1.32. The number of aromatic nitrogens is 1. The van der Waals surface area contributed by atoms with Crippen molar-refractivity contribution in [3.63, 3.8) is 0 Å². The van der Waals surface area contributed by atoms with Crippen molar-refractivity contribution >= 4 is 75.5 Å². The summed E-state index contributed by atoms with van der Waals surface area (Å²) in [5, 5.41) is 3.03. The van der Waals surface area contributed by atoms with Crippen LogP contribution in [0.3, 0.4) is 0 Å². The molecule has 1 aromatic heterocycles. The number of carbonyl (C=O) groups excluding carboxylic acids is 1. The summed E-state index contributed by atoms with van der Waals surface area (Å²) in [6, 6.07) is 0. The first kappa shape index (κ1) is 19.4. The van der Waals surface area contributed by atoms with Crippen LogP contribution >= 0.6 is 58.8 Å². The van der Waals surface area contributed by atoms with Gasteiger partial charge in [0.25, 0.3) is 5.91 Å². The highest BCUT2D eigenvalue weighted by molar-refractivity contribution is 7.98. The van der Waals surface area contributed by atoms with Crippen LogP contribution in [0.25, 0.3) is 0 Å². The molecule has 0 saturated heterocycles. The van der Waals surface area contributed by atoms with Gasteiger partial charge in [-0.3, -0.25) is 15.6 Å². The summed E-state index contributed by atoms with van der Waals surface area (Å²) in [6.07, 6.45) is 2.98. The maximum atomic E-state index is 12.0. The SMILES string of the molecule is CSCCCNC(=S)NNC(=O)c1nc(Cl)c(Cl)c(N)c1Cl. The first-order chi connectivity index (χ1) is 10.4. The molecule has 0 fully saturated rings. The molecule has 1 aromatic rings. The number of nitrogens with zero attached hydrogens (tertiary/aromatic N) is 1. The molecular weight excluding hydrogens is 389 g/mol. The molecule has 5 N–H and O–H groups in total. The van der Waals surface area contributed by atoms with E-state index >= 15 is 0 Å². The van der Waals surface area contributed by atoms with E-state index in [1.165, 1.54) is 0 Å². The number of nitrogens with two attached hydrogens (primary N) is 1. The lowest BCUT2D eigenvalue weighted by atomic mass is 10.3. The second-order valence-corrected chi connectivity index (χ2v) is 6.48. The van der Waals surface area contributed by atoms with Crippen molar-refractivity contribution in [2.45, 2.75) is 6.42 Å². The standard InChI is InChI=1S/C11H14Cl3N5OS2/c1-22-4-2-3-16-11(21)19-18-10(20)8-5(12)7(15)6(13)9(14)17-8/h2-4H2,1H3,(H2,15,17)(H,18,20)(H2,16,19,21). The summed E-state index contributed by atoms with van der Waals surface area (Å²) in [5.74, 6) is 0.382. The van der Waals surface area contributed by atoms with E-state index in [4.69, 9.17) is 52.8 Å². The molecule has 0 aliphatic rings. The first-order valence-electron chi connectivity index (χ1n) is 6.01. The Morgan fingerprint density at radius 2 is 2.00 bits per heavy atom. The summed E-state index contributed by atoms with van der Waals surface area (Å²) in [7, 11) is 0. The van der Waals surface area contributed by atoms with E-state index in [1.807, 2.05) is 6.26 Å². The van der Waals surface area contributed by atoms with Gasteiger partial charge in [-0.1, -0.05) is 34.8 Å². The predicted molar refractivity (Wildman–Crippen MR) is 97.9 cm³/mol. The second-order valence-electron chi connectivity index (χ2n) is 3.97. The van der Waals surface area contributed by atoms with Crippen molar-refractivity contribution in [2.24, 2.45) is 0 Å². The summed E-state index contributed by atoms with van der Waals surface area (Å²) in [5.41, 5.74) is 10.4. The minimum Gasteiger partial charge on any atom is -0.396 e. The highest BCUT2D eigenvalue weighted by Gasteiger charge is 2.19. The molecule has 0 aromatic carbocycles. The van der Waals surface area contributed by atoms with Crippen molar-refractivity contribution in [1.29, 1.82) is 0 Å². The van der Waals surface area contributed by atoms with E-state index in [9.17, 15) is 4.79 Å². The second kappa shape index (κ2) is 9.46. The zero-order valence-corrected chi connectivity index (χ0v) is 15.4. The number of amides is 1. The molecular formula is C11H14Cl3N5OS2. The molecule has 0 bridgehead atoms. The molecule has 0 radical (unpaired) electrons. The smallest absolute Gasteiger partial charge is 0.289 e. The molecule has 0 saturated carbocycles. The Balaban J connectivity index is 2.58. The zero-order valence-electron chi connectivity index (χ0n) is 11.5. The van der Waals surface area contributed by atoms with Crippen LogP contribution in [0.15, 0.2) is 0 Å². The fraction of sp³-hybridized carbons (Fsp3) is 0.364. The molecule has 0 unspecified atom stereocenters. The van der Waals surface area contributed by atoms with Crippen LogP contribution in [-0.4, -0.2) is 34.6 Å². The van der Waals surface area contributed by atoms with Crippen LogP contribution in [0.2, 0.25) is 15.2 Å². The Hall–Kier alpha value is -0.670. The number of hydrogen-bond donors (Lipinski definition) is 4. The third-order valence-electron chi connectivity index (χ3n) is 2.39. The summed E-state index contributed by atoms with van der Waals surface area (Å²) >= 11 is 24.2. The zero-order chi connectivity index (χ0) is 16.7. The van der Waals surface area contributed by atoms with Crippen LogP contribution < -0.4 is 21.9 Å². The fourth-order valence-corrected chi connectivity index (χ4v) is 2.50. The van der Waals surface area contributed by atoms with Gasteiger partial charge >= 0.3 is 0 Å². The van der Waals surface area contributed by atoms with E-state index < -0.39 is 5.91 Å². The van der Waals surface area contributed by atoms with Crippen molar-refractivity contribution in [1.82, 2.24) is 21.2 Å². The molecule has 1 rings (SSSR count). The van der Waals surface area contributed by atoms with E-state index in [0.29, 0.717) is 6.54 Å². The summed E-state index contributed by atoms with van der Waals surface area (Å²) < 4.78 is 0. The third-order valence-corrected chi connectivity index (χ3v) is 4.47. The van der Waals surface area contributed by atoms with Crippen LogP contribution in [0.5, 0.6) is 0 Å². The number of hydrogen-bond acceptors (Lipinski definition) is 5. The highest BCUT2D eigenvalue weighted by Crippen LogP contribution is 2.34. The lowest BCUT2D eigenvalue weighted by molar-refractivity contribution is 0.0939. The average molecular weight is 403 g/mol. The van der Waals surface area contributed by atoms with Crippen LogP contribution in [0, 0.1) is 0 Å². The molecule has 0 atom stereocenters. The maximum Gasteiger partial charge on any atom is 0.289 e. The number of thioether (sulfide) groups is 1. The highest BCUT2D eigenvalue weighted by atomic mass is 35.5. The molecule has 11 heteroatoms. The molecule has 0 spiro atoms. The Kier molecular flexibility index (Phi) is 8.34. The number of rotatable bonds is 5. The Morgan fingerprint density at radius 3 is 2.64 bits per heavy atom.